The molecule has 0 aliphatic carbocycles. The molecule has 0 saturated heterocycles. The van der Waals surface area contributed by atoms with Crippen LogP contribution in [0.15, 0.2) is 36.4 Å². The van der Waals surface area contributed by atoms with Crippen LogP contribution >= 0.6 is 0 Å². The minimum atomic E-state index is -0.739. The Kier molecular flexibility index (Phi) is 3.78. The molecule has 0 aromatic heterocycles. The molecule has 2 aromatic rings. The van der Waals surface area contributed by atoms with Crippen molar-refractivity contribution in [3.63, 3.8) is 0 Å². The zero-order chi connectivity index (χ0) is 15.4. The molecule has 0 aliphatic rings. The van der Waals surface area contributed by atoms with Crippen molar-refractivity contribution in [2.75, 3.05) is 0 Å². The zero-order valence-corrected chi connectivity index (χ0v) is 10.4. The minimum absolute atomic E-state index is 0.0322. The highest BCUT2D eigenvalue weighted by Gasteiger charge is 2.16. The van der Waals surface area contributed by atoms with Crippen LogP contribution < -0.4 is 4.74 Å². The third-order valence-corrected chi connectivity index (χ3v) is 2.60. The fourth-order valence-corrected chi connectivity index (χ4v) is 1.65. The summed E-state index contributed by atoms with van der Waals surface area (Å²) < 4.78 is 18.7. The third-order valence-electron chi connectivity index (χ3n) is 2.60. The van der Waals surface area contributed by atoms with Gasteiger partial charge < -0.3 is 4.74 Å². The third kappa shape index (κ3) is 2.77. The first-order valence-corrected chi connectivity index (χ1v) is 5.62. The van der Waals surface area contributed by atoms with Crippen molar-refractivity contribution in [3.8, 4) is 23.6 Å². The Morgan fingerprint density at radius 2 is 1.95 bits per heavy atom. The van der Waals surface area contributed by atoms with E-state index in [0.29, 0.717) is 0 Å². The molecule has 0 amide bonds. The van der Waals surface area contributed by atoms with E-state index >= 15 is 0 Å². The first-order chi connectivity index (χ1) is 10.1. The van der Waals surface area contributed by atoms with Crippen LogP contribution in [0.3, 0.4) is 0 Å². The number of rotatable bonds is 3. The first kappa shape index (κ1) is 14.0. The van der Waals surface area contributed by atoms with Crippen LogP contribution in [0.1, 0.15) is 11.1 Å². The number of ether oxygens (including phenoxy) is 1. The summed E-state index contributed by atoms with van der Waals surface area (Å²) in [6, 6.07) is 10.7. The van der Waals surface area contributed by atoms with Gasteiger partial charge in [0, 0.05) is 12.1 Å². The molecule has 21 heavy (non-hydrogen) atoms. The van der Waals surface area contributed by atoms with Gasteiger partial charge >= 0.3 is 0 Å². The Morgan fingerprint density at radius 1 is 1.19 bits per heavy atom. The monoisotopic (exact) mass is 283 g/mol. The van der Waals surface area contributed by atoms with Crippen LogP contribution in [0.4, 0.5) is 10.1 Å². The minimum Gasteiger partial charge on any atom is -0.456 e. The van der Waals surface area contributed by atoms with Gasteiger partial charge in [-0.15, -0.1) is 0 Å². The molecule has 6 nitrogen and oxygen atoms in total. The molecule has 0 radical (unpaired) electrons. The lowest BCUT2D eigenvalue weighted by atomic mass is 10.2. The van der Waals surface area contributed by atoms with Gasteiger partial charge in [0.15, 0.2) is 0 Å². The molecule has 2 aromatic carbocycles. The predicted molar refractivity (Wildman–Crippen MR) is 69.0 cm³/mol. The molecular weight excluding hydrogens is 277 g/mol. The lowest BCUT2D eigenvalue weighted by Crippen LogP contribution is -1.95. The maximum absolute atomic E-state index is 13.4. The highest BCUT2D eigenvalue weighted by atomic mass is 19.1. The van der Waals surface area contributed by atoms with E-state index in [1.165, 1.54) is 18.2 Å². The Labute approximate surface area is 118 Å². The lowest BCUT2D eigenvalue weighted by molar-refractivity contribution is -0.385. The average Bonchev–Trinajstić information content (AvgIpc) is 2.47. The summed E-state index contributed by atoms with van der Waals surface area (Å²) in [4.78, 5) is 10.0. The van der Waals surface area contributed by atoms with Gasteiger partial charge in [0.2, 0.25) is 0 Å². The smallest absolute Gasteiger partial charge is 0.287 e. The predicted octanol–water partition coefficient (Wildman–Crippen LogP) is 3.27. The van der Waals surface area contributed by atoms with E-state index in [0.717, 1.165) is 18.2 Å². The van der Waals surface area contributed by atoms with Gasteiger partial charge in [0.05, 0.1) is 4.92 Å². The largest absolute Gasteiger partial charge is 0.456 e. The molecule has 0 spiro atoms. The van der Waals surface area contributed by atoms with Gasteiger partial charge in [-0.25, -0.2) is 4.39 Å². The van der Waals surface area contributed by atoms with Crippen LogP contribution in [-0.4, -0.2) is 4.92 Å². The topological polar surface area (TPSA) is 99.9 Å². The Balaban J connectivity index is 2.43. The van der Waals surface area contributed by atoms with Crippen LogP contribution in [0.5, 0.6) is 11.5 Å². The maximum atomic E-state index is 13.4. The second-order valence-electron chi connectivity index (χ2n) is 3.87. The second kappa shape index (κ2) is 5.68. The molecule has 7 heteroatoms. The highest BCUT2D eigenvalue weighted by Crippen LogP contribution is 2.29. The van der Waals surface area contributed by atoms with E-state index in [2.05, 4.69) is 0 Å². The number of benzene rings is 2. The van der Waals surface area contributed by atoms with Crippen LogP contribution in [-0.2, 0) is 0 Å². The number of nitro benzene ring substituents is 1. The van der Waals surface area contributed by atoms with Gasteiger partial charge in [-0.1, -0.05) is 6.07 Å². The number of hydrogen-bond acceptors (Lipinski definition) is 5. The molecule has 0 bridgehead atoms. The quantitative estimate of drug-likeness (QED) is 0.635. The average molecular weight is 283 g/mol. The van der Waals surface area contributed by atoms with Gasteiger partial charge in [-0.3, -0.25) is 10.1 Å². The van der Waals surface area contributed by atoms with Crippen LogP contribution in [0, 0.1) is 38.6 Å². The van der Waals surface area contributed by atoms with Crippen LogP contribution in [0.25, 0.3) is 0 Å². The van der Waals surface area contributed by atoms with Gasteiger partial charge in [0.1, 0.15) is 40.6 Å². The van der Waals surface area contributed by atoms with Crippen molar-refractivity contribution in [1.82, 2.24) is 0 Å². The zero-order valence-electron chi connectivity index (χ0n) is 10.4. The first-order valence-electron chi connectivity index (χ1n) is 5.62. The summed E-state index contributed by atoms with van der Waals surface area (Å²) >= 11 is 0. The Bertz CT molecular complexity index is 806. The van der Waals surface area contributed by atoms with Crippen LogP contribution in [0.2, 0.25) is 0 Å². The number of nitriles is 2. The summed E-state index contributed by atoms with van der Waals surface area (Å²) in [6.07, 6.45) is 0. The van der Waals surface area contributed by atoms with Crippen molar-refractivity contribution in [2.24, 2.45) is 0 Å². The normalized spacial score (nSPS) is 9.48. The van der Waals surface area contributed by atoms with Gasteiger partial charge in [-0.05, 0) is 18.2 Å². The van der Waals surface area contributed by atoms with Crippen molar-refractivity contribution >= 4 is 5.69 Å². The summed E-state index contributed by atoms with van der Waals surface area (Å²) in [7, 11) is 0. The molecule has 0 heterocycles. The summed E-state index contributed by atoms with van der Waals surface area (Å²) in [5.41, 5.74) is -0.827. The molecule has 0 saturated carbocycles. The fourth-order valence-electron chi connectivity index (χ4n) is 1.65. The van der Waals surface area contributed by atoms with E-state index in [9.17, 15) is 14.5 Å². The van der Waals surface area contributed by atoms with Crippen molar-refractivity contribution in [1.29, 1.82) is 10.5 Å². The summed E-state index contributed by atoms with van der Waals surface area (Å²) in [5, 5.41) is 28.5. The Morgan fingerprint density at radius 3 is 2.57 bits per heavy atom. The summed E-state index contributed by atoms with van der Waals surface area (Å²) in [6.45, 7) is 0. The van der Waals surface area contributed by atoms with Crippen molar-refractivity contribution in [3.05, 3.63) is 63.5 Å². The van der Waals surface area contributed by atoms with E-state index in [1.807, 2.05) is 0 Å². The molecule has 0 unspecified atom stereocenters. The summed E-state index contributed by atoms with van der Waals surface area (Å²) in [5.74, 6) is -0.674. The number of hydrogen-bond donors (Lipinski definition) is 0. The molecule has 0 fully saturated rings. The van der Waals surface area contributed by atoms with E-state index in [4.69, 9.17) is 15.3 Å². The Hall–Kier alpha value is -3.45. The van der Waals surface area contributed by atoms with Gasteiger partial charge in [-0.2, -0.15) is 10.5 Å². The van der Waals surface area contributed by atoms with E-state index in [-0.39, 0.29) is 28.3 Å². The van der Waals surface area contributed by atoms with E-state index < -0.39 is 10.7 Å². The SMILES string of the molecule is N#Cc1cc(Oc2cccc(F)c2C#N)ccc1[N+](=O)[O-]. The van der Waals surface area contributed by atoms with Gasteiger partial charge in [0.25, 0.3) is 5.69 Å². The number of halogens is 1. The van der Waals surface area contributed by atoms with E-state index in [1.54, 1.807) is 12.1 Å². The van der Waals surface area contributed by atoms with Crippen molar-refractivity contribution in [2.45, 2.75) is 0 Å². The number of nitrogens with zero attached hydrogens (tertiary/aromatic N) is 3. The molecule has 0 aliphatic heterocycles. The molecule has 102 valence electrons. The molecule has 0 N–H and O–H groups in total. The second-order valence-corrected chi connectivity index (χ2v) is 3.87. The maximum Gasteiger partial charge on any atom is 0.287 e. The van der Waals surface area contributed by atoms with Crippen molar-refractivity contribution < 1.29 is 14.1 Å². The number of nitro groups is 1. The molecule has 0 atom stereocenters. The molecule has 2 rings (SSSR count). The molecular formula is C14H6FN3O3. The standard InChI is InChI=1S/C14H6FN3O3/c15-12-2-1-3-14(11(12)8-17)21-10-4-5-13(18(19)20)9(6-10)7-16/h1-6H. The lowest BCUT2D eigenvalue weighted by Gasteiger charge is -2.08. The fraction of sp³-hybridized carbons (Fsp3) is 0. The highest BCUT2D eigenvalue weighted by molar-refractivity contribution is 5.54.